The van der Waals surface area contributed by atoms with E-state index in [0.717, 1.165) is 0 Å². The van der Waals surface area contributed by atoms with Crippen molar-refractivity contribution in [1.29, 1.82) is 0 Å². The number of rotatable bonds is 11. The Hall–Kier alpha value is -0.0800. The summed E-state index contributed by atoms with van der Waals surface area (Å²) in [5.41, 5.74) is 0. The number of unbranched alkanes of at least 4 members (excludes halogenated alkanes) is 4. The van der Waals surface area contributed by atoms with Crippen LogP contribution in [0, 0.1) is 0 Å². The van der Waals surface area contributed by atoms with E-state index in [2.05, 4.69) is 37.7 Å². The maximum absolute atomic E-state index is 2.64. The fourth-order valence-electron chi connectivity index (χ4n) is 1.85. The third-order valence-corrected chi connectivity index (χ3v) is 3.02. The highest BCUT2D eigenvalue weighted by Crippen LogP contribution is 2.02. The second-order valence-corrected chi connectivity index (χ2v) is 5.06. The molecule has 0 rings (SSSR count). The second-order valence-electron chi connectivity index (χ2n) is 5.06. The van der Waals surface area contributed by atoms with Crippen LogP contribution >= 0.6 is 0 Å². The number of hydrogen-bond donors (Lipinski definition) is 0. The largest absolute Gasteiger partial charge is 0.308 e. The van der Waals surface area contributed by atoms with E-state index in [1.807, 2.05) is 0 Å². The van der Waals surface area contributed by atoms with Gasteiger partial charge in [-0.05, 0) is 40.0 Å². The first-order valence-corrected chi connectivity index (χ1v) is 7.07. The van der Waals surface area contributed by atoms with Gasteiger partial charge in [-0.3, -0.25) is 0 Å². The molecule has 0 saturated carbocycles. The first kappa shape index (κ1) is 15.9. The van der Waals surface area contributed by atoms with Crippen molar-refractivity contribution in [2.45, 2.75) is 52.4 Å². The molecule has 0 aliphatic carbocycles. The summed E-state index contributed by atoms with van der Waals surface area (Å²) in [6, 6.07) is 0. The summed E-state index contributed by atoms with van der Waals surface area (Å²) in [5.74, 6) is 0. The average Bonchev–Trinajstić information content (AvgIpc) is 2.25. The number of nitrogens with zero attached hydrogens (tertiary/aromatic N) is 2. The highest BCUT2D eigenvalue weighted by molar-refractivity contribution is 4.60. The van der Waals surface area contributed by atoms with E-state index in [1.165, 1.54) is 64.7 Å². The van der Waals surface area contributed by atoms with Crippen LogP contribution in [0.3, 0.4) is 0 Å². The van der Waals surface area contributed by atoms with Gasteiger partial charge in [-0.1, -0.05) is 39.5 Å². The minimum atomic E-state index is 1.19. The van der Waals surface area contributed by atoms with Crippen LogP contribution in [0.15, 0.2) is 0 Å². The zero-order valence-electron chi connectivity index (χ0n) is 12.0. The lowest BCUT2D eigenvalue weighted by molar-refractivity contribution is 0.232. The molecule has 0 unspecified atom stereocenters. The molecule has 2 nitrogen and oxygen atoms in total. The van der Waals surface area contributed by atoms with Crippen LogP contribution in [0.2, 0.25) is 0 Å². The highest BCUT2D eigenvalue weighted by Gasteiger charge is 2.04. The Kier molecular flexibility index (Phi) is 11.3. The van der Waals surface area contributed by atoms with Crippen molar-refractivity contribution in [2.75, 3.05) is 40.3 Å². The molecule has 0 aliphatic rings. The molecule has 0 spiro atoms. The topological polar surface area (TPSA) is 6.48 Å². The zero-order valence-corrected chi connectivity index (χ0v) is 12.0. The summed E-state index contributed by atoms with van der Waals surface area (Å²) >= 11 is 0. The van der Waals surface area contributed by atoms with Crippen molar-refractivity contribution in [3.63, 3.8) is 0 Å². The maximum Gasteiger partial charge on any atom is 0.0109 e. The van der Waals surface area contributed by atoms with Gasteiger partial charge in [-0.15, -0.1) is 0 Å². The lowest BCUT2D eigenvalue weighted by Gasteiger charge is -2.24. The van der Waals surface area contributed by atoms with Gasteiger partial charge in [-0.25, -0.2) is 0 Å². The number of hydrogen-bond acceptors (Lipinski definition) is 2. The SMILES string of the molecule is CCCCCN(CCCCC)CCN(C)C. The molecule has 2 heteroatoms. The molecule has 0 bridgehead atoms. The van der Waals surface area contributed by atoms with Gasteiger partial charge in [0.05, 0.1) is 0 Å². The average molecular weight is 228 g/mol. The number of likely N-dealkylation sites (N-methyl/N-ethyl adjacent to an activating group) is 1. The summed E-state index contributed by atoms with van der Waals surface area (Å²) in [5, 5.41) is 0. The van der Waals surface area contributed by atoms with Gasteiger partial charge in [0.1, 0.15) is 0 Å². The molecule has 0 aromatic carbocycles. The van der Waals surface area contributed by atoms with Gasteiger partial charge in [-0.2, -0.15) is 0 Å². The summed E-state index contributed by atoms with van der Waals surface area (Å²) in [7, 11) is 4.33. The second kappa shape index (κ2) is 11.4. The highest BCUT2D eigenvalue weighted by atomic mass is 15.2. The van der Waals surface area contributed by atoms with Crippen LogP contribution < -0.4 is 0 Å². The molecule has 0 aromatic rings. The van der Waals surface area contributed by atoms with Gasteiger partial charge in [0.25, 0.3) is 0 Å². The molecule has 0 saturated heterocycles. The van der Waals surface area contributed by atoms with E-state index in [0.29, 0.717) is 0 Å². The third-order valence-electron chi connectivity index (χ3n) is 3.02. The van der Waals surface area contributed by atoms with E-state index >= 15 is 0 Å². The first-order chi connectivity index (χ1) is 7.70. The fourth-order valence-corrected chi connectivity index (χ4v) is 1.85. The van der Waals surface area contributed by atoms with Crippen LogP contribution in [0.25, 0.3) is 0 Å². The molecule has 0 atom stereocenters. The molecule has 0 heterocycles. The molecule has 0 aromatic heterocycles. The predicted octanol–water partition coefficient (Wildman–Crippen LogP) is 3.23. The van der Waals surface area contributed by atoms with Crippen molar-refractivity contribution in [3.8, 4) is 0 Å². The normalized spacial score (nSPS) is 11.6. The molecule has 0 aliphatic heterocycles. The first-order valence-electron chi connectivity index (χ1n) is 7.07. The van der Waals surface area contributed by atoms with Crippen LogP contribution in [0.4, 0.5) is 0 Å². The Bertz CT molecular complexity index is 125. The summed E-state index contributed by atoms with van der Waals surface area (Å²) < 4.78 is 0. The molecule has 0 N–H and O–H groups in total. The molecule has 0 amide bonds. The monoisotopic (exact) mass is 228 g/mol. The zero-order chi connectivity index (χ0) is 12.2. The molecule has 0 radical (unpaired) electrons. The predicted molar refractivity (Wildman–Crippen MR) is 74.0 cm³/mol. The quantitative estimate of drug-likeness (QED) is 0.501. The van der Waals surface area contributed by atoms with Gasteiger partial charge in [0.15, 0.2) is 0 Å². The van der Waals surface area contributed by atoms with Crippen LogP contribution in [-0.4, -0.2) is 50.1 Å². The van der Waals surface area contributed by atoms with E-state index in [1.54, 1.807) is 0 Å². The standard InChI is InChI=1S/C14H32N2/c1-5-7-9-11-16(12-10-8-6-2)14-13-15(3)4/h5-14H2,1-4H3. The molecular weight excluding hydrogens is 196 g/mol. The van der Waals surface area contributed by atoms with Crippen molar-refractivity contribution in [1.82, 2.24) is 9.80 Å². The van der Waals surface area contributed by atoms with Crippen LogP contribution in [0.5, 0.6) is 0 Å². The van der Waals surface area contributed by atoms with Crippen molar-refractivity contribution in [2.24, 2.45) is 0 Å². The van der Waals surface area contributed by atoms with E-state index in [-0.39, 0.29) is 0 Å². The Labute approximate surface area is 103 Å². The Morgan fingerprint density at radius 2 is 1.12 bits per heavy atom. The van der Waals surface area contributed by atoms with Crippen molar-refractivity contribution >= 4 is 0 Å². The fraction of sp³-hybridized carbons (Fsp3) is 1.00. The summed E-state index contributed by atoms with van der Waals surface area (Å²) in [6.07, 6.45) is 8.16. The Morgan fingerprint density at radius 3 is 1.50 bits per heavy atom. The molecular formula is C14H32N2. The van der Waals surface area contributed by atoms with E-state index < -0.39 is 0 Å². The van der Waals surface area contributed by atoms with Crippen LogP contribution in [0.1, 0.15) is 52.4 Å². The van der Waals surface area contributed by atoms with E-state index in [4.69, 9.17) is 0 Å². The summed E-state index contributed by atoms with van der Waals surface area (Å²) in [4.78, 5) is 4.93. The molecule has 98 valence electrons. The molecule has 0 fully saturated rings. The van der Waals surface area contributed by atoms with Gasteiger partial charge >= 0.3 is 0 Å². The van der Waals surface area contributed by atoms with Crippen molar-refractivity contribution in [3.05, 3.63) is 0 Å². The molecule has 16 heavy (non-hydrogen) atoms. The Balaban J connectivity index is 3.67. The minimum Gasteiger partial charge on any atom is -0.308 e. The van der Waals surface area contributed by atoms with Gasteiger partial charge < -0.3 is 9.80 Å². The third kappa shape index (κ3) is 10.4. The van der Waals surface area contributed by atoms with Crippen molar-refractivity contribution < 1.29 is 0 Å². The maximum atomic E-state index is 2.64. The Morgan fingerprint density at radius 1 is 0.625 bits per heavy atom. The van der Waals surface area contributed by atoms with Gasteiger partial charge in [0, 0.05) is 13.1 Å². The van der Waals surface area contributed by atoms with Gasteiger partial charge in [0.2, 0.25) is 0 Å². The minimum absolute atomic E-state index is 1.19. The van der Waals surface area contributed by atoms with Crippen LogP contribution in [-0.2, 0) is 0 Å². The lowest BCUT2D eigenvalue weighted by Crippen LogP contribution is -2.33. The van der Waals surface area contributed by atoms with E-state index in [9.17, 15) is 0 Å². The lowest BCUT2D eigenvalue weighted by atomic mass is 10.2. The smallest absolute Gasteiger partial charge is 0.0109 e. The summed E-state index contributed by atoms with van der Waals surface area (Å²) in [6.45, 7) is 9.58.